The van der Waals surface area contributed by atoms with Crippen molar-refractivity contribution in [2.45, 2.75) is 45.0 Å². The van der Waals surface area contributed by atoms with E-state index in [0.717, 1.165) is 15.6 Å². The Hall–Kier alpha value is -2.08. The first-order valence-electron chi connectivity index (χ1n) is 9.17. The van der Waals surface area contributed by atoms with Gasteiger partial charge in [-0.2, -0.15) is 26.3 Å². The zero-order chi connectivity index (χ0) is 21.1. The molecule has 6 nitrogen and oxygen atoms in total. The van der Waals surface area contributed by atoms with Crippen molar-refractivity contribution in [3.63, 3.8) is 0 Å². The third-order valence-corrected chi connectivity index (χ3v) is 4.71. The van der Waals surface area contributed by atoms with Crippen LogP contribution in [0.2, 0.25) is 0 Å². The van der Waals surface area contributed by atoms with Gasteiger partial charge in [0.25, 0.3) is 0 Å². The first-order valence-corrected chi connectivity index (χ1v) is 9.17. The Labute approximate surface area is 163 Å². The molecule has 0 spiro atoms. The van der Waals surface area contributed by atoms with Gasteiger partial charge in [-0.15, -0.1) is 0 Å². The van der Waals surface area contributed by atoms with Crippen LogP contribution in [0.5, 0.6) is 0 Å². The van der Waals surface area contributed by atoms with Crippen LogP contribution in [-0.4, -0.2) is 67.4 Å². The van der Waals surface area contributed by atoms with E-state index in [9.17, 15) is 26.3 Å². The second-order valence-electron chi connectivity index (χ2n) is 7.08. The van der Waals surface area contributed by atoms with Gasteiger partial charge in [0.05, 0.1) is 13.1 Å². The standard InChI is InChI=1S/C17H22F6N6/c18-16(19,20)12-28-6-2-24-14(28)10-26-4-1-5-27(9-8-26)11-15-25-3-7-29(15)13-17(21,22)23/h2-3,6-7H,1,4-5,8-13H2. The third-order valence-electron chi connectivity index (χ3n) is 4.71. The van der Waals surface area contributed by atoms with Gasteiger partial charge in [0.15, 0.2) is 0 Å². The molecule has 2 aromatic heterocycles. The lowest BCUT2D eigenvalue weighted by Gasteiger charge is -2.22. The number of hydrogen-bond acceptors (Lipinski definition) is 4. The molecule has 1 fully saturated rings. The number of alkyl halides is 6. The second-order valence-corrected chi connectivity index (χ2v) is 7.08. The summed E-state index contributed by atoms with van der Waals surface area (Å²) >= 11 is 0. The fourth-order valence-corrected chi connectivity index (χ4v) is 3.40. The SMILES string of the molecule is FC(F)(F)Cn1ccnc1CN1CCCN(Cc2nccn2CC(F)(F)F)CC1. The zero-order valence-electron chi connectivity index (χ0n) is 15.6. The number of rotatable bonds is 6. The summed E-state index contributed by atoms with van der Waals surface area (Å²) in [7, 11) is 0. The van der Waals surface area contributed by atoms with Crippen molar-refractivity contribution in [2.24, 2.45) is 0 Å². The average Bonchev–Trinajstić information content (AvgIpc) is 3.11. The Morgan fingerprint density at radius 3 is 1.48 bits per heavy atom. The summed E-state index contributed by atoms with van der Waals surface area (Å²) in [5, 5.41) is 0. The van der Waals surface area contributed by atoms with Crippen LogP contribution in [0.1, 0.15) is 18.1 Å². The minimum absolute atomic E-state index is 0.291. The normalized spacial score (nSPS) is 17.6. The molecule has 0 saturated carbocycles. The minimum atomic E-state index is -4.32. The predicted octanol–water partition coefficient (Wildman–Crippen LogP) is 2.91. The topological polar surface area (TPSA) is 42.1 Å². The molecule has 0 radical (unpaired) electrons. The summed E-state index contributed by atoms with van der Waals surface area (Å²) < 4.78 is 78.2. The molecule has 0 unspecified atom stereocenters. The molecule has 3 heterocycles. The van der Waals surface area contributed by atoms with Gasteiger partial charge in [0.2, 0.25) is 0 Å². The Bertz CT molecular complexity index is 716. The lowest BCUT2D eigenvalue weighted by molar-refractivity contribution is -0.142. The summed E-state index contributed by atoms with van der Waals surface area (Å²) in [6.07, 6.45) is -2.55. The molecule has 0 aromatic carbocycles. The summed E-state index contributed by atoms with van der Waals surface area (Å²) in [6, 6.07) is 0. The maximum atomic E-state index is 12.7. The first-order chi connectivity index (χ1) is 13.6. The number of hydrogen-bond donors (Lipinski definition) is 0. The summed E-state index contributed by atoms with van der Waals surface area (Å²) in [5.74, 6) is 0.688. The van der Waals surface area contributed by atoms with E-state index >= 15 is 0 Å². The number of halogens is 6. The minimum Gasteiger partial charge on any atom is -0.325 e. The molecule has 1 aliphatic heterocycles. The van der Waals surface area contributed by atoms with Crippen LogP contribution in [0.25, 0.3) is 0 Å². The molecule has 1 aliphatic rings. The van der Waals surface area contributed by atoms with Gasteiger partial charge in [-0.05, 0) is 19.5 Å². The zero-order valence-corrected chi connectivity index (χ0v) is 15.6. The molecule has 29 heavy (non-hydrogen) atoms. The van der Waals surface area contributed by atoms with E-state index in [4.69, 9.17) is 0 Å². The van der Waals surface area contributed by atoms with Gasteiger partial charge in [-0.25, -0.2) is 9.97 Å². The molecule has 12 heteroatoms. The van der Waals surface area contributed by atoms with Crippen LogP contribution < -0.4 is 0 Å². The maximum absolute atomic E-state index is 12.7. The van der Waals surface area contributed by atoms with Crippen LogP contribution in [0, 0.1) is 0 Å². The number of aromatic nitrogens is 4. The highest BCUT2D eigenvalue weighted by Gasteiger charge is 2.30. The van der Waals surface area contributed by atoms with Crippen molar-refractivity contribution < 1.29 is 26.3 Å². The molecule has 0 amide bonds. The van der Waals surface area contributed by atoms with Crippen molar-refractivity contribution in [2.75, 3.05) is 26.2 Å². The molecular formula is C17H22F6N6. The van der Waals surface area contributed by atoms with E-state index in [-0.39, 0.29) is 0 Å². The second kappa shape index (κ2) is 8.74. The van der Waals surface area contributed by atoms with E-state index in [0.29, 0.717) is 50.9 Å². The van der Waals surface area contributed by atoms with Crippen LogP contribution >= 0.6 is 0 Å². The maximum Gasteiger partial charge on any atom is 0.406 e. The van der Waals surface area contributed by atoms with Crippen molar-refractivity contribution >= 4 is 0 Å². The molecule has 1 saturated heterocycles. The van der Waals surface area contributed by atoms with Crippen LogP contribution in [0.15, 0.2) is 24.8 Å². The van der Waals surface area contributed by atoms with E-state index in [1.807, 2.05) is 9.80 Å². The van der Waals surface area contributed by atoms with Gasteiger partial charge in [-0.1, -0.05) is 0 Å². The summed E-state index contributed by atoms with van der Waals surface area (Å²) in [4.78, 5) is 12.1. The van der Waals surface area contributed by atoms with Crippen molar-refractivity contribution in [3.05, 3.63) is 36.4 Å². The van der Waals surface area contributed by atoms with Gasteiger partial charge in [-0.3, -0.25) is 9.80 Å². The highest BCUT2D eigenvalue weighted by molar-refractivity contribution is 4.95. The van der Waals surface area contributed by atoms with Crippen molar-refractivity contribution in [1.29, 1.82) is 0 Å². The lowest BCUT2D eigenvalue weighted by Crippen LogP contribution is -2.32. The van der Waals surface area contributed by atoms with Gasteiger partial charge < -0.3 is 9.13 Å². The average molecular weight is 424 g/mol. The fourth-order valence-electron chi connectivity index (χ4n) is 3.40. The predicted molar refractivity (Wildman–Crippen MR) is 91.7 cm³/mol. The van der Waals surface area contributed by atoms with Gasteiger partial charge in [0.1, 0.15) is 24.7 Å². The first kappa shape index (κ1) is 21.6. The molecule has 0 atom stereocenters. The Morgan fingerprint density at radius 1 is 0.690 bits per heavy atom. The molecule has 0 aliphatic carbocycles. The number of nitrogens with zero attached hydrogens (tertiary/aromatic N) is 6. The Kier molecular flexibility index (Phi) is 6.52. The Morgan fingerprint density at radius 2 is 1.10 bits per heavy atom. The Balaban J connectivity index is 1.55. The lowest BCUT2D eigenvalue weighted by atomic mass is 10.3. The van der Waals surface area contributed by atoms with E-state index in [1.54, 1.807) is 0 Å². The molecule has 0 bridgehead atoms. The molecular weight excluding hydrogens is 402 g/mol. The van der Waals surface area contributed by atoms with E-state index in [2.05, 4.69) is 9.97 Å². The van der Waals surface area contributed by atoms with Crippen LogP contribution in [0.4, 0.5) is 26.3 Å². The van der Waals surface area contributed by atoms with Crippen molar-refractivity contribution in [1.82, 2.24) is 28.9 Å². The highest BCUT2D eigenvalue weighted by Crippen LogP contribution is 2.20. The fraction of sp³-hybridized carbons (Fsp3) is 0.647. The smallest absolute Gasteiger partial charge is 0.325 e. The monoisotopic (exact) mass is 424 g/mol. The summed E-state index contributed by atoms with van der Waals surface area (Å²) in [6.45, 7) is 0.935. The quantitative estimate of drug-likeness (QED) is 0.669. The van der Waals surface area contributed by atoms with E-state index < -0.39 is 25.4 Å². The number of imidazole rings is 2. The summed E-state index contributed by atoms with van der Waals surface area (Å²) in [5.41, 5.74) is 0. The highest BCUT2D eigenvalue weighted by atomic mass is 19.4. The van der Waals surface area contributed by atoms with Crippen LogP contribution in [0.3, 0.4) is 0 Å². The molecule has 3 rings (SSSR count). The van der Waals surface area contributed by atoms with Crippen LogP contribution in [-0.2, 0) is 26.2 Å². The molecule has 0 N–H and O–H groups in total. The largest absolute Gasteiger partial charge is 0.406 e. The van der Waals surface area contributed by atoms with Gasteiger partial charge in [0, 0.05) is 37.9 Å². The van der Waals surface area contributed by atoms with E-state index in [1.165, 1.54) is 24.8 Å². The molecule has 2 aromatic rings. The van der Waals surface area contributed by atoms with Gasteiger partial charge >= 0.3 is 12.4 Å². The van der Waals surface area contributed by atoms with Crippen molar-refractivity contribution in [3.8, 4) is 0 Å². The third kappa shape index (κ3) is 6.74. The molecule has 162 valence electrons.